The van der Waals surface area contributed by atoms with Crippen molar-refractivity contribution >= 4 is 0 Å². The van der Waals surface area contributed by atoms with Crippen LogP contribution in [0.1, 0.15) is 23.6 Å². The summed E-state index contributed by atoms with van der Waals surface area (Å²) >= 11 is 0. The highest BCUT2D eigenvalue weighted by Crippen LogP contribution is 2.39. The highest BCUT2D eigenvalue weighted by atomic mass is 16.5. The van der Waals surface area contributed by atoms with Crippen molar-refractivity contribution in [2.75, 3.05) is 7.11 Å². The lowest BCUT2D eigenvalue weighted by Gasteiger charge is -2.10. The Morgan fingerprint density at radius 1 is 1.18 bits per heavy atom. The molecular weight excluding hydrogens is 272 g/mol. The fourth-order valence-electron chi connectivity index (χ4n) is 2.90. The highest BCUT2D eigenvalue weighted by molar-refractivity contribution is 5.51. The van der Waals surface area contributed by atoms with Gasteiger partial charge >= 0.3 is 0 Å². The minimum atomic E-state index is 0.0771. The summed E-state index contributed by atoms with van der Waals surface area (Å²) in [7, 11) is 1.73. The van der Waals surface area contributed by atoms with E-state index in [1.165, 1.54) is 16.7 Å². The van der Waals surface area contributed by atoms with Crippen LogP contribution < -0.4 is 9.47 Å². The number of aryl methyl sites for hydroxylation is 2. The van der Waals surface area contributed by atoms with E-state index in [0.717, 1.165) is 36.3 Å². The first-order valence-corrected chi connectivity index (χ1v) is 7.73. The molecule has 1 heterocycles. The molecule has 2 nitrogen and oxygen atoms in total. The summed E-state index contributed by atoms with van der Waals surface area (Å²) in [5, 5.41) is 0. The molecule has 0 bridgehead atoms. The molecule has 2 aromatic carbocycles. The standard InChI is InChI=1S/C20H22O2/c1-14(2)18-13-17-19(21-3)11-16(12-20(17)22-18)10-9-15-7-5-4-6-8-15/h4-8,11-12,18H,1,9-10,13H2,2-3H3/t18-/m0/s1. The topological polar surface area (TPSA) is 18.5 Å². The Kier molecular flexibility index (Phi) is 4.19. The SMILES string of the molecule is C=C(C)[C@@H]1Cc2c(OC)cc(CCc3ccccc3)cc2O1. The zero-order chi connectivity index (χ0) is 15.5. The van der Waals surface area contributed by atoms with Gasteiger partial charge in [-0.1, -0.05) is 36.9 Å². The fourth-order valence-corrected chi connectivity index (χ4v) is 2.90. The Morgan fingerprint density at radius 2 is 1.91 bits per heavy atom. The number of methoxy groups -OCH3 is 1. The second-order valence-corrected chi connectivity index (χ2v) is 5.92. The predicted octanol–water partition coefficient (Wildman–Crippen LogP) is 4.36. The summed E-state index contributed by atoms with van der Waals surface area (Å²) in [5.74, 6) is 1.89. The van der Waals surface area contributed by atoms with Crippen LogP contribution in [0.2, 0.25) is 0 Å². The van der Waals surface area contributed by atoms with Gasteiger partial charge in [-0.2, -0.15) is 0 Å². The van der Waals surface area contributed by atoms with Crippen molar-refractivity contribution in [3.8, 4) is 11.5 Å². The number of ether oxygens (including phenoxy) is 2. The molecule has 114 valence electrons. The van der Waals surface area contributed by atoms with E-state index in [1.54, 1.807) is 7.11 Å². The monoisotopic (exact) mass is 294 g/mol. The van der Waals surface area contributed by atoms with Crippen LogP contribution in [0.5, 0.6) is 11.5 Å². The van der Waals surface area contributed by atoms with Crippen LogP contribution in [0.25, 0.3) is 0 Å². The largest absolute Gasteiger partial charge is 0.496 e. The van der Waals surface area contributed by atoms with Crippen molar-refractivity contribution in [3.05, 3.63) is 71.3 Å². The number of fused-ring (bicyclic) bond motifs is 1. The molecule has 1 aliphatic heterocycles. The second kappa shape index (κ2) is 6.27. The van der Waals surface area contributed by atoms with Gasteiger partial charge in [0.15, 0.2) is 0 Å². The molecule has 0 spiro atoms. The number of benzene rings is 2. The van der Waals surface area contributed by atoms with Gasteiger partial charge in [0, 0.05) is 12.0 Å². The summed E-state index contributed by atoms with van der Waals surface area (Å²) in [6.07, 6.45) is 2.93. The summed E-state index contributed by atoms with van der Waals surface area (Å²) < 4.78 is 11.6. The van der Waals surface area contributed by atoms with Gasteiger partial charge < -0.3 is 9.47 Å². The first kappa shape index (κ1) is 14.7. The van der Waals surface area contributed by atoms with Gasteiger partial charge in [-0.15, -0.1) is 0 Å². The van der Waals surface area contributed by atoms with Gasteiger partial charge in [0.2, 0.25) is 0 Å². The van der Waals surface area contributed by atoms with Crippen LogP contribution in [0.4, 0.5) is 0 Å². The lowest BCUT2D eigenvalue weighted by atomic mass is 10.00. The average Bonchev–Trinajstić information content (AvgIpc) is 2.97. The predicted molar refractivity (Wildman–Crippen MR) is 89.8 cm³/mol. The molecule has 0 aromatic heterocycles. The molecule has 1 atom stereocenters. The van der Waals surface area contributed by atoms with Crippen LogP contribution in [0, 0.1) is 0 Å². The van der Waals surface area contributed by atoms with Crippen molar-refractivity contribution in [2.45, 2.75) is 32.3 Å². The van der Waals surface area contributed by atoms with Gasteiger partial charge in [-0.25, -0.2) is 0 Å². The first-order valence-electron chi connectivity index (χ1n) is 7.73. The Bertz CT molecular complexity index is 674. The third kappa shape index (κ3) is 3.01. The van der Waals surface area contributed by atoms with E-state index in [1.807, 2.05) is 13.0 Å². The van der Waals surface area contributed by atoms with E-state index in [9.17, 15) is 0 Å². The number of hydrogen-bond donors (Lipinski definition) is 0. The lowest BCUT2D eigenvalue weighted by Crippen LogP contribution is -2.13. The zero-order valence-corrected chi connectivity index (χ0v) is 13.3. The minimum absolute atomic E-state index is 0.0771. The maximum absolute atomic E-state index is 6.02. The molecule has 0 radical (unpaired) electrons. The molecule has 0 unspecified atom stereocenters. The van der Waals surface area contributed by atoms with E-state index in [2.05, 4.69) is 43.0 Å². The third-order valence-electron chi connectivity index (χ3n) is 4.20. The van der Waals surface area contributed by atoms with Crippen molar-refractivity contribution in [3.63, 3.8) is 0 Å². The zero-order valence-electron chi connectivity index (χ0n) is 13.3. The van der Waals surface area contributed by atoms with Gasteiger partial charge in [0.1, 0.15) is 17.6 Å². The van der Waals surface area contributed by atoms with Crippen LogP contribution in [0.15, 0.2) is 54.6 Å². The van der Waals surface area contributed by atoms with Gasteiger partial charge in [0.25, 0.3) is 0 Å². The second-order valence-electron chi connectivity index (χ2n) is 5.92. The van der Waals surface area contributed by atoms with E-state index >= 15 is 0 Å². The van der Waals surface area contributed by atoms with E-state index in [4.69, 9.17) is 9.47 Å². The van der Waals surface area contributed by atoms with Crippen molar-refractivity contribution in [2.24, 2.45) is 0 Å². The summed E-state index contributed by atoms with van der Waals surface area (Å²) in [6.45, 7) is 6.02. The molecule has 2 aromatic rings. The smallest absolute Gasteiger partial charge is 0.127 e. The molecule has 1 aliphatic rings. The van der Waals surface area contributed by atoms with Crippen LogP contribution in [-0.4, -0.2) is 13.2 Å². The molecule has 0 saturated heterocycles. The summed E-state index contributed by atoms with van der Waals surface area (Å²) in [4.78, 5) is 0. The average molecular weight is 294 g/mol. The van der Waals surface area contributed by atoms with Gasteiger partial charge in [-0.3, -0.25) is 0 Å². The van der Waals surface area contributed by atoms with Gasteiger partial charge in [0.05, 0.1) is 7.11 Å². The molecule has 0 saturated carbocycles. The van der Waals surface area contributed by atoms with Crippen LogP contribution in [0.3, 0.4) is 0 Å². The maximum Gasteiger partial charge on any atom is 0.127 e. The van der Waals surface area contributed by atoms with E-state index in [0.29, 0.717) is 0 Å². The first-order chi connectivity index (χ1) is 10.7. The lowest BCUT2D eigenvalue weighted by molar-refractivity contribution is 0.271. The molecule has 22 heavy (non-hydrogen) atoms. The van der Waals surface area contributed by atoms with E-state index < -0.39 is 0 Å². The summed E-state index contributed by atoms with van der Waals surface area (Å²) in [5.41, 5.74) is 4.83. The Morgan fingerprint density at radius 3 is 2.59 bits per heavy atom. The summed E-state index contributed by atoms with van der Waals surface area (Å²) in [6, 6.07) is 14.8. The maximum atomic E-state index is 6.02. The number of hydrogen-bond acceptors (Lipinski definition) is 2. The fraction of sp³-hybridized carbons (Fsp3) is 0.300. The molecule has 0 fully saturated rings. The van der Waals surface area contributed by atoms with Crippen molar-refractivity contribution in [1.82, 2.24) is 0 Å². The molecule has 0 N–H and O–H groups in total. The molecular formula is C20H22O2. The Hall–Kier alpha value is -2.22. The Labute approximate surface area is 132 Å². The Balaban J connectivity index is 1.80. The van der Waals surface area contributed by atoms with Crippen molar-refractivity contribution < 1.29 is 9.47 Å². The van der Waals surface area contributed by atoms with Crippen LogP contribution >= 0.6 is 0 Å². The number of rotatable bonds is 5. The third-order valence-corrected chi connectivity index (χ3v) is 4.20. The van der Waals surface area contributed by atoms with Gasteiger partial charge in [-0.05, 0) is 48.6 Å². The highest BCUT2D eigenvalue weighted by Gasteiger charge is 2.27. The quantitative estimate of drug-likeness (QED) is 0.763. The molecule has 0 aliphatic carbocycles. The van der Waals surface area contributed by atoms with Crippen LogP contribution in [-0.2, 0) is 19.3 Å². The molecule has 2 heteroatoms. The normalized spacial score (nSPS) is 16.0. The van der Waals surface area contributed by atoms with E-state index in [-0.39, 0.29) is 6.10 Å². The molecule has 0 amide bonds. The molecule has 3 rings (SSSR count). The minimum Gasteiger partial charge on any atom is -0.496 e. The van der Waals surface area contributed by atoms with Crippen molar-refractivity contribution in [1.29, 1.82) is 0 Å².